The Morgan fingerprint density at radius 3 is 1.53 bits per heavy atom. The van der Waals surface area contributed by atoms with Crippen LogP contribution >= 0.6 is 0 Å². The Balaban J connectivity index is 0.000000397. The summed E-state index contributed by atoms with van der Waals surface area (Å²) in [5.41, 5.74) is 1.46. The van der Waals surface area contributed by atoms with Crippen molar-refractivity contribution in [3.63, 3.8) is 0 Å². The van der Waals surface area contributed by atoms with E-state index in [0.29, 0.717) is 0 Å². The van der Waals surface area contributed by atoms with Gasteiger partial charge < -0.3 is 4.48 Å². The fourth-order valence-electron chi connectivity index (χ4n) is 4.39. The number of nitrogens with zero attached hydrogens (tertiary/aromatic N) is 1. The van der Waals surface area contributed by atoms with Crippen molar-refractivity contribution in [2.45, 2.75) is 103 Å². The van der Waals surface area contributed by atoms with E-state index in [2.05, 4.69) is 58.0 Å². The summed E-state index contributed by atoms with van der Waals surface area (Å²) in [7, 11) is -3.57. The highest BCUT2D eigenvalue weighted by Gasteiger charge is 2.20. The van der Waals surface area contributed by atoms with Crippen LogP contribution < -0.4 is 0 Å². The van der Waals surface area contributed by atoms with Crippen molar-refractivity contribution < 1.29 is 17.1 Å². The summed E-state index contributed by atoms with van der Waals surface area (Å²) < 4.78 is 30.0. The normalized spacial score (nSPS) is 11.7. The van der Waals surface area contributed by atoms with Crippen LogP contribution in [0.15, 0.2) is 65.6 Å². The third kappa shape index (κ3) is 13.6. The third-order valence-corrected chi connectivity index (χ3v) is 8.47. The quantitative estimate of drug-likeness (QED) is 0.113. The summed E-state index contributed by atoms with van der Waals surface area (Å²) in [6.45, 7) is 14.2. The molecule has 0 radical (unpaired) electrons. The molecule has 0 amide bonds. The molecule has 0 aromatic heterocycles. The van der Waals surface area contributed by atoms with Crippen LogP contribution in [0.3, 0.4) is 0 Å². The first-order chi connectivity index (χ1) is 17.4. The Morgan fingerprint density at radius 1 is 0.611 bits per heavy atom. The first-order valence-electron chi connectivity index (χ1n) is 14.3. The fraction of sp³-hybridized carbons (Fsp3) is 0.613. The molecular weight excluding hydrogens is 466 g/mol. The van der Waals surface area contributed by atoms with Crippen molar-refractivity contribution in [3.05, 3.63) is 66.2 Å². The Bertz CT molecular complexity index is 857. The molecule has 0 unspecified atom stereocenters. The SMILES string of the molecule is CCCCCCCCCCCCOS(=O)(=O)c1ccccc1.CC[N+](CC)(CC)Cc1ccccc1. The third-order valence-electron chi connectivity index (χ3n) is 7.14. The molecule has 0 atom stereocenters. The molecular formula is C31H52NO3S+. The molecule has 0 aliphatic rings. The average molecular weight is 519 g/mol. The maximum Gasteiger partial charge on any atom is 0.296 e. The van der Waals surface area contributed by atoms with Crippen LogP contribution in [0, 0.1) is 0 Å². The number of unbranched alkanes of at least 4 members (excludes halogenated alkanes) is 9. The van der Waals surface area contributed by atoms with Crippen molar-refractivity contribution in [3.8, 4) is 0 Å². The topological polar surface area (TPSA) is 43.4 Å². The first-order valence-corrected chi connectivity index (χ1v) is 15.7. The molecule has 0 bridgehead atoms. The molecule has 204 valence electrons. The maximum absolute atomic E-state index is 11.9. The highest BCUT2D eigenvalue weighted by Crippen LogP contribution is 2.15. The van der Waals surface area contributed by atoms with Gasteiger partial charge in [-0.25, -0.2) is 0 Å². The molecule has 0 spiro atoms. The van der Waals surface area contributed by atoms with E-state index in [-0.39, 0.29) is 11.5 Å². The van der Waals surface area contributed by atoms with Crippen LogP contribution in [0.25, 0.3) is 0 Å². The van der Waals surface area contributed by atoms with Gasteiger partial charge in [-0.3, -0.25) is 4.18 Å². The van der Waals surface area contributed by atoms with Crippen LogP contribution in [-0.2, 0) is 20.8 Å². The van der Waals surface area contributed by atoms with Crippen LogP contribution in [-0.4, -0.2) is 39.1 Å². The molecule has 0 N–H and O–H groups in total. The minimum Gasteiger partial charge on any atom is -0.321 e. The number of hydrogen-bond acceptors (Lipinski definition) is 3. The van der Waals surface area contributed by atoms with E-state index >= 15 is 0 Å². The molecule has 0 saturated heterocycles. The first kappa shape index (κ1) is 32.3. The highest BCUT2D eigenvalue weighted by atomic mass is 32.2. The molecule has 0 aliphatic heterocycles. The van der Waals surface area contributed by atoms with E-state index in [4.69, 9.17) is 4.18 Å². The summed E-state index contributed by atoms with van der Waals surface area (Å²) in [5, 5.41) is 0. The van der Waals surface area contributed by atoms with Crippen molar-refractivity contribution in [2.75, 3.05) is 26.2 Å². The molecule has 2 aromatic carbocycles. The maximum atomic E-state index is 11.9. The minimum absolute atomic E-state index is 0.238. The zero-order valence-corrected chi connectivity index (χ0v) is 24.3. The number of hydrogen-bond donors (Lipinski definition) is 0. The van der Waals surface area contributed by atoms with Gasteiger partial charge in [0, 0.05) is 5.56 Å². The molecule has 2 aromatic rings. The van der Waals surface area contributed by atoms with Gasteiger partial charge in [-0.2, -0.15) is 8.42 Å². The zero-order chi connectivity index (χ0) is 26.5. The summed E-state index contributed by atoms with van der Waals surface area (Å²) in [4.78, 5) is 0.238. The highest BCUT2D eigenvalue weighted by molar-refractivity contribution is 7.86. The Kier molecular flexibility index (Phi) is 17.4. The van der Waals surface area contributed by atoms with Gasteiger partial charge in [0.25, 0.3) is 10.1 Å². The standard InChI is InChI=1S/C18H30O3S.C13H22N/c1-2-3-4-5-6-7-8-9-10-14-17-21-22(19,20)18-15-12-11-13-16-18;1-4-14(5-2,6-3)12-13-10-8-7-9-11-13/h11-13,15-16H,2-10,14,17H2,1H3;7-11H,4-6,12H2,1-3H3/q;+1. The predicted octanol–water partition coefficient (Wildman–Crippen LogP) is 8.38. The largest absolute Gasteiger partial charge is 0.321 e. The van der Waals surface area contributed by atoms with Gasteiger partial charge in [-0.05, 0) is 39.3 Å². The zero-order valence-electron chi connectivity index (χ0n) is 23.5. The van der Waals surface area contributed by atoms with Gasteiger partial charge in [-0.15, -0.1) is 0 Å². The molecule has 0 aliphatic carbocycles. The van der Waals surface area contributed by atoms with E-state index in [1.807, 2.05) is 0 Å². The summed E-state index contributed by atoms with van der Waals surface area (Å²) in [6.07, 6.45) is 12.3. The second kappa shape index (κ2) is 19.4. The number of rotatable bonds is 18. The van der Waals surface area contributed by atoms with Crippen molar-refractivity contribution in [1.82, 2.24) is 0 Å². The van der Waals surface area contributed by atoms with Gasteiger partial charge in [0.05, 0.1) is 31.1 Å². The van der Waals surface area contributed by atoms with Gasteiger partial charge in [0.2, 0.25) is 0 Å². The van der Waals surface area contributed by atoms with Crippen LogP contribution in [0.5, 0.6) is 0 Å². The van der Waals surface area contributed by atoms with E-state index < -0.39 is 10.1 Å². The fourth-order valence-corrected chi connectivity index (χ4v) is 5.35. The van der Waals surface area contributed by atoms with Gasteiger partial charge in [-0.1, -0.05) is 113 Å². The van der Waals surface area contributed by atoms with Crippen LogP contribution in [0.4, 0.5) is 0 Å². The van der Waals surface area contributed by atoms with Gasteiger partial charge >= 0.3 is 0 Å². The van der Waals surface area contributed by atoms with E-state index in [0.717, 1.165) is 12.8 Å². The summed E-state index contributed by atoms with van der Waals surface area (Å²) in [5.74, 6) is 0. The molecule has 4 nitrogen and oxygen atoms in total. The average Bonchev–Trinajstić information content (AvgIpc) is 2.92. The summed E-state index contributed by atoms with van der Waals surface area (Å²) in [6, 6.07) is 19.1. The van der Waals surface area contributed by atoms with E-state index in [1.54, 1.807) is 30.3 Å². The smallest absolute Gasteiger partial charge is 0.296 e. The summed E-state index contributed by atoms with van der Waals surface area (Å²) >= 11 is 0. The molecule has 0 fully saturated rings. The lowest BCUT2D eigenvalue weighted by atomic mass is 10.1. The second-order valence-corrected chi connectivity index (χ2v) is 11.3. The van der Waals surface area contributed by atoms with Crippen molar-refractivity contribution in [1.29, 1.82) is 0 Å². The Hall–Kier alpha value is -1.69. The number of quaternary nitrogens is 1. The molecule has 36 heavy (non-hydrogen) atoms. The van der Waals surface area contributed by atoms with Crippen LogP contribution in [0.2, 0.25) is 0 Å². The van der Waals surface area contributed by atoms with Crippen molar-refractivity contribution >= 4 is 10.1 Å². The monoisotopic (exact) mass is 518 g/mol. The molecule has 0 heterocycles. The van der Waals surface area contributed by atoms with E-state index in [1.165, 1.54) is 87.6 Å². The lowest BCUT2D eigenvalue weighted by Gasteiger charge is -2.35. The Morgan fingerprint density at radius 2 is 1.06 bits per heavy atom. The second-order valence-electron chi connectivity index (χ2n) is 9.71. The molecule has 2 rings (SSSR count). The lowest BCUT2D eigenvalue weighted by Crippen LogP contribution is -2.46. The van der Waals surface area contributed by atoms with E-state index in [9.17, 15) is 8.42 Å². The predicted molar refractivity (Wildman–Crippen MR) is 153 cm³/mol. The lowest BCUT2D eigenvalue weighted by molar-refractivity contribution is -0.936. The number of benzene rings is 2. The minimum atomic E-state index is -3.57. The van der Waals surface area contributed by atoms with Gasteiger partial charge in [0.1, 0.15) is 6.54 Å². The van der Waals surface area contributed by atoms with Crippen LogP contribution in [0.1, 0.15) is 97.5 Å². The molecule has 5 heteroatoms. The van der Waals surface area contributed by atoms with Gasteiger partial charge in [0.15, 0.2) is 0 Å². The Labute approximate surface area is 222 Å². The van der Waals surface area contributed by atoms with Crippen molar-refractivity contribution in [2.24, 2.45) is 0 Å². The molecule has 0 saturated carbocycles.